The highest BCUT2D eigenvalue weighted by Gasteiger charge is 2.72. The van der Waals surface area contributed by atoms with E-state index in [0.29, 0.717) is 10.8 Å². The van der Waals surface area contributed by atoms with Crippen molar-refractivity contribution < 1.29 is 5.11 Å². The number of fused-ring (bicyclic) bond motifs is 2. The number of allylic oxidation sites excluding steroid dienone is 1. The van der Waals surface area contributed by atoms with Gasteiger partial charge in [0.25, 0.3) is 0 Å². The molecule has 0 amide bonds. The Kier molecular flexibility index (Phi) is 5.25. The van der Waals surface area contributed by atoms with Crippen LogP contribution in [0.25, 0.3) is 0 Å². The van der Waals surface area contributed by atoms with Crippen LogP contribution in [0.15, 0.2) is 11.6 Å². The summed E-state index contributed by atoms with van der Waals surface area (Å²) in [6, 6.07) is 0. The lowest BCUT2D eigenvalue weighted by Crippen LogP contribution is -2.39. The van der Waals surface area contributed by atoms with Crippen molar-refractivity contribution in [2.24, 2.45) is 52.3 Å². The van der Waals surface area contributed by atoms with Crippen LogP contribution in [0, 0.1) is 52.3 Å². The average molecular weight is 399 g/mol. The Balaban J connectivity index is 1.36. The van der Waals surface area contributed by atoms with E-state index >= 15 is 0 Å². The summed E-state index contributed by atoms with van der Waals surface area (Å²) in [5.41, 5.74) is 2.84. The van der Waals surface area contributed by atoms with Gasteiger partial charge in [0.15, 0.2) is 0 Å². The van der Waals surface area contributed by atoms with Crippen molar-refractivity contribution in [2.45, 2.75) is 111 Å². The molecule has 1 spiro atoms. The van der Waals surface area contributed by atoms with E-state index in [2.05, 4.69) is 33.8 Å². The van der Waals surface area contributed by atoms with Crippen LogP contribution in [-0.2, 0) is 0 Å². The fraction of sp³-hybridized carbons (Fsp3) is 0.929. The highest BCUT2D eigenvalue weighted by molar-refractivity contribution is 5.36. The fourth-order valence-corrected chi connectivity index (χ4v) is 9.75. The van der Waals surface area contributed by atoms with E-state index in [1.807, 2.05) is 0 Å². The molecule has 0 heterocycles. The van der Waals surface area contributed by atoms with Gasteiger partial charge in [0.05, 0.1) is 6.10 Å². The number of rotatable bonds is 5. The Morgan fingerprint density at radius 3 is 2.66 bits per heavy atom. The molecular weight excluding hydrogens is 352 g/mol. The summed E-state index contributed by atoms with van der Waals surface area (Å²) in [5.74, 6) is 6.61. The van der Waals surface area contributed by atoms with Crippen LogP contribution in [0.4, 0.5) is 0 Å². The standard InChI is InChI=1S/C28H46O/c1-18(2)7-5-8-19(3)23-12-13-24-22-11-10-20-17-21(29)14-16-28(20)25(26(22)28)9-6-15-27(23,24)4/h10,18-19,21-26,29H,5-9,11-17H2,1-4H3. The fourth-order valence-electron chi connectivity index (χ4n) is 9.75. The van der Waals surface area contributed by atoms with Crippen molar-refractivity contribution in [3.05, 3.63) is 11.6 Å². The third-order valence-electron chi connectivity index (χ3n) is 11.0. The first-order chi connectivity index (χ1) is 13.9. The number of aliphatic hydroxyl groups is 1. The summed E-state index contributed by atoms with van der Waals surface area (Å²) in [5, 5.41) is 10.3. The highest BCUT2D eigenvalue weighted by atomic mass is 16.3. The van der Waals surface area contributed by atoms with Crippen LogP contribution in [0.5, 0.6) is 0 Å². The van der Waals surface area contributed by atoms with Gasteiger partial charge >= 0.3 is 0 Å². The van der Waals surface area contributed by atoms with Crippen LogP contribution in [0.1, 0.15) is 105 Å². The Morgan fingerprint density at radius 1 is 1.03 bits per heavy atom. The smallest absolute Gasteiger partial charge is 0.0577 e. The largest absolute Gasteiger partial charge is 0.393 e. The Bertz CT molecular complexity index is 649. The van der Waals surface area contributed by atoms with Gasteiger partial charge in [-0.1, -0.05) is 65.0 Å². The van der Waals surface area contributed by atoms with Crippen molar-refractivity contribution in [1.29, 1.82) is 0 Å². The maximum Gasteiger partial charge on any atom is 0.0577 e. The SMILES string of the molecule is CC(C)CCCC(C)C1CCC2C3CC=C4CC(O)CCC45C(CCCC12C)C35. The first-order valence-corrected chi connectivity index (χ1v) is 13.3. The van der Waals surface area contributed by atoms with Crippen molar-refractivity contribution >= 4 is 0 Å². The van der Waals surface area contributed by atoms with Gasteiger partial charge in [-0.2, -0.15) is 0 Å². The van der Waals surface area contributed by atoms with Gasteiger partial charge < -0.3 is 5.11 Å². The van der Waals surface area contributed by atoms with E-state index < -0.39 is 0 Å². The molecule has 1 N–H and O–H groups in total. The molecule has 0 aromatic heterocycles. The molecule has 4 saturated carbocycles. The second-order valence-corrected chi connectivity index (χ2v) is 12.7. The van der Waals surface area contributed by atoms with Crippen LogP contribution >= 0.6 is 0 Å². The molecule has 5 rings (SSSR count). The van der Waals surface area contributed by atoms with E-state index in [1.165, 1.54) is 64.2 Å². The summed E-state index contributed by atoms with van der Waals surface area (Å²) in [7, 11) is 0. The number of aliphatic hydroxyl groups excluding tert-OH is 1. The minimum absolute atomic E-state index is 0.0525. The summed E-state index contributed by atoms with van der Waals surface area (Å²) in [4.78, 5) is 0. The molecule has 9 unspecified atom stereocenters. The molecule has 0 aliphatic heterocycles. The zero-order valence-corrected chi connectivity index (χ0v) is 19.6. The molecular formula is C28H46O. The van der Waals surface area contributed by atoms with Crippen molar-refractivity contribution in [1.82, 2.24) is 0 Å². The van der Waals surface area contributed by atoms with Crippen LogP contribution < -0.4 is 0 Å². The van der Waals surface area contributed by atoms with Gasteiger partial charge in [-0.15, -0.1) is 0 Å². The minimum atomic E-state index is -0.0525. The summed E-state index contributed by atoms with van der Waals surface area (Å²) in [6.07, 6.45) is 19.0. The lowest BCUT2D eigenvalue weighted by atomic mass is 9.59. The maximum absolute atomic E-state index is 10.3. The van der Waals surface area contributed by atoms with Crippen LogP contribution in [0.2, 0.25) is 0 Å². The summed E-state index contributed by atoms with van der Waals surface area (Å²) in [6.45, 7) is 10.1. The monoisotopic (exact) mass is 398 g/mol. The molecule has 0 bridgehead atoms. The Morgan fingerprint density at radius 2 is 1.86 bits per heavy atom. The molecule has 5 aliphatic rings. The van der Waals surface area contributed by atoms with E-state index in [0.717, 1.165) is 54.3 Å². The van der Waals surface area contributed by atoms with E-state index in [9.17, 15) is 5.11 Å². The normalized spacial score (nSPS) is 49.4. The quantitative estimate of drug-likeness (QED) is 0.479. The molecule has 0 radical (unpaired) electrons. The van der Waals surface area contributed by atoms with Crippen molar-refractivity contribution in [3.63, 3.8) is 0 Å². The van der Waals surface area contributed by atoms with Crippen molar-refractivity contribution in [3.8, 4) is 0 Å². The lowest BCUT2D eigenvalue weighted by Gasteiger charge is -2.46. The van der Waals surface area contributed by atoms with Crippen molar-refractivity contribution in [2.75, 3.05) is 0 Å². The number of hydrogen-bond acceptors (Lipinski definition) is 1. The van der Waals surface area contributed by atoms with Gasteiger partial charge in [0.1, 0.15) is 0 Å². The molecule has 4 fully saturated rings. The van der Waals surface area contributed by atoms with E-state index in [4.69, 9.17) is 0 Å². The zero-order chi connectivity index (χ0) is 20.4. The highest BCUT2D eigenvalue weighted by Crippen LogP contribution is 2.78. The van der Waals surface area contributed by atoms with Gasteiger partial charge in [-0.25, -0.2) is 0 Å². The Labute approximate surface area is 180 Å². The molecule has 0 aromatic rings. The topological polar surface area (TPSA) is 20.2 Å². The van der Waals surface area contributed by atoms with Gasteiger partial charge in [0, 0.05) is 0 Å². The predicted molar refractivity (Wildman–Crippen MR) is 121 cm³/mol. The second-order valence-electron chi connectivity index (χ2n) is 12.7. The van der Waals surface area contributed by atoms with Gasteiger partial charge in [-0.05, 0) is 104 Å². The minimum Gasteiger partial charge on any atom is -0.393 e. The van der Waals surface area contributed by atoms with E-state index in [-0.39, 0.29) is 6.10 Å². The first kappa shape index (κ1) is 20.6. The summed E-state index contributed by atoms with van der Waals surface area (Å²) < 4.78 is 0. The molecule has 1 heteroatoms. The Hall–Kier alpha value is -0.300. The molecule has 1 nitrogen and oxygen atoms in total. The predicted octanol–water partition coefficient (Wildman–Crippen LogP) is 7.39. The molecule has 0 saturated heterocycles. The molecule has 29 heavy (non-hydrogen) atoms. The molecule has 0 aromatic carbocycles. The summed E-state index contributed by atoms with van der Waals surface area (Å²) >= 11 is 0. The third kappa shape index (κ3) is 3.11. The second kappa shape index (κ2) is 7.39. The maximum atomic E-state index is 10.3. The van der Waals surface area contributed by atoms with Crippen LogP contribution in [-0.4, -0.2) is 11.2 Å². The number of hydrogen-bond donors (Lipinski definition) is 1. The lowest BCUT2D eigenvalue weighted by molar-refractivity contribution is 0.0399. The average Bonchev–Trinajstić information content (AvgIpc) is 3.18. The zero-order valence-electron chi connectivity index (χ0n) is 19.6. The third-order valence-corrected chi connectivity index (χ3v) is 11.0. The molecule has 164 valence electrons. The van der Waals surface area contributed by atoms with Gasteiger partial charge in [-0.3, -0.25) is 0 Å². The van der Waals surface area contributed by atoms with E-state index in [1.54, 1.807) is 5.57 Å². The van der Waals surface area contributed by atoms with Crippen LogP contribution in [0.3, 0.4) is 0 Å². The molecule has 9 atom stereocenters. The van der Waals surface area contributed by atoms with Gasteiger partial charge in [0.2, 0.25) is 0 Å². The first-order valence-electron chi connectivity index (χ1n) is 13.3. The molecule has 5 aliphatic carbocycles.